The maximum atomic E-state index is 12.6. The van der Waals surface area contributed by atoms with E-state index < -0.39 is 17.4 Å². The molecule has 0 unspecified atom stereocenters. The van der Waals surface area contributed by atoms with E-state index in [-0.39, 0.29) is 11.8 Å². The van der Waals surface area contributed by atoms with Crippen molar-refractivity contribution in [2.75, 3.05) is 32.7 Å². The highest BCUT2D eigenvalue weighted by Gasteiger charge is 2.33. The monoisotopic (exact) mass is 386 g/mol. The molecule has 3 heterocycles. The molecule has 27 heavy (non-hydrogen) atoms. The Morgan fingerprint density at radius 2 is 1.81 bits per heavy atom. The summed E-state index contributed by atoms with van der Waals surface area (Å²) >= 11 is 0. The summed E-state index contributed by atoms with van der Waals surface area (Å²) in [6.45, 7) is 4.58. The van der Waals surface area contributed by atoms with Gasteiger partial charge in [0.15, 0.2) is 5.69 Å². The van der Waals surface area contributed by atoms with Crippen LogP contribution in [0.2, 0.25) is 0 Å². The van der Waals surface area contributed by atoms with Gasteiger partial charge in [-0.1, -0.05) is 0 Å². The third kappa shape index (κ3) is 5.31. The van der Waals surface area contributed by atoms with Gasteiger partial charge in [0, 0.05) is 38.7 Å². The van der Waals surface area contributed by atoms with Crippen molar-refractivity contribution in [3.05, 3.63) is 28.4 Å². The number of hydrogen-bond donors (Lipinski definition) is 0. The first-order valence-corrected chi connectivity index (χ1v) is 9.47. The zero-order chi connectivity index (χ0) is 19.4. The number of carbonyl (C=O) groups excluding carboxylic acids is 1. The molecule has 0 radical (unpaired) electrons. The molecule has 3 rings (SSSR count). The maximum absolute atomic E-state index is 12.6. The van der Waals surface area contributed by atoms with E-state index in [1.165, 1.54) is 4.57 Å². The maximum Gasteiger partial charge on any atom is 0.433 e. The first kappa shape index (κ1) is 19.9. The van der Waals surface area contributed by atoms with Gasteiger partial charge in [0.2, 0.25) is 5.91 Å². The van der Waals surface area contributed by atoms with Crippen LogP contribution in [0.25, 0.3) is 0 Å². The van der Waals surface area contributed by atoms with Crippen molar-refractivity contribution in [3.63, 3.8) is 0 Å². The highest BCUT2D eigenvalue weighted by atomic mass is 19.4. The summed E-state index contributed by atoms with van der Waals surface area (Å²) in [5, 5.41) is 0. The Morgan fingerprint density at radius 3 is 2.44 bits per heavy atom. The zero-order valence-corrected chi connectivity index (χ0v) is 15.2. The molecule has 0 aliphatic carbocycles. The van der Waals surface area contributed by atoms with Crippen molar-refractivity contribution < 1.29 is 18.0 Å². The normalized spacial score (nSPS) is 20.3. The summed E-state index contributed by atoms with van der Waals surface area (Å²) in [5.41, 5.74) is -1.81. The Kier molecular flexibility index (Phi) is 6.18. The Morgan fingerprint density at radius 1 is 1.07 bits per heavy atom. The van der Waals surface area contributed by atoms with Gasteiger partial charge in [-0.2, -0.15) is 13.2 Å². The first-order chi connectivity index (χ1) is 12.8. The third-order valence-corrected chi connectivity index (χ3v) is 5.44. The zero-order valence-electron chi connectivity index (χ0n) is 15.2. The van der Waals surface area contributed by atoms with Gasteiger partial charge in [-0.25, -0.2) is 4.98 Å². The number of hydrogen-bond acceptors (Lipinski definition) is 4. The van der Waals surface area contributed by atoms with E-state index in [4.69, 9.17) is 0 Å². The van der Waals surface area contributed by atoms with Crippen LogP contribution in [-0.4, -0.2) is 58.0 Å². The van der Waals surface area contributed by atoms with Crippen LogP contribution in [0.1, 0.15) is 37.8 Å². The predicted molar refractivity (Wildman–Crippen MR) is 93.1 cm³/mol. The Balaban J connectivity index is 1.45. The molecule has 0 N–H and O–H groups in total. The number of piperidine rings is 2. The fraction of sp³-hybridized carbons (Fsp3) is 0.722. The van der Waals surface area contributed by atoms with Crippen LogP contribution in [0.4, 0.5) is 13.2 Å². The van der Waals surface area contributed by atoms with E-state index in [0.29, 0.717) is 19.0 Å². The van der Waals surface area contributed by atoms with E-state index in [1.54, 1.807) is 0 Å². The summed E-state index contributed by atoms with van der Waals surface area (Å²) in [4.78, 5) is 31.4. The molecule has 0 bridgehead atoms. The fourth-order valence-corrected chi connectivity index (χ4v) is 3.75. The lowest BCUT2D eigenvalue weighted by atomic mass is 9.96. The molecule has 1 aromatic heterocycles. The molecule has 1 aromatic rings. The summed E-state index contributed by atoms with van der Waals surface area (Å²) in [5.74, 6) is 0.486. The lowest BCUT2D eigenvalue weighted by Gasteiger charge is -2.34. The Bertz CT molecular complexity index is 711. The van der Waals surface area contributed by atoms with Gasteiger partial charge in [-0.3, -0.25) is 14.2 Å². The summed E-state index contributed by atoms with van der Waals surface area (Å²) in [6, 6.07) is 0.560. The molecule has 0 saturated carbocycles. The number of likely N-dealkylation sites (tertiary alicyclic amines) is 2. The number of rotatable bonds is 5. The number of halogens is 3. The highest BCUT2D eigenvalue weighted by Crippen LogP contribution is 2.26. The van der Waals surface area contributed by atoms with Crippen molar-refractivity contribution in [1.82, 2.24) is 19.4 Å². The Labute approximate surface area is 156 Å². The average molecular weight is 386 g/mol. The van der Waals surface area contributed by atoms with Crippen molar-refractivity contribution in [2.24, 2.45) is 5.92 Å². The van der Waals surface area contributed by atoms with Crippen molar-refractivity contribution in [3.8, 4) is 0 Å². The molecule has 0 atom stereocenters. The second kappa shape index (κ2) is 8.41. The van der Waals surface area contributed by atoms with Crippen LogP contribution >= 0.6 is 0 Å². The molecular weight excluding hydrogens is 361 g/mol. The van der Waals surface area contributed by atoms with Gasteiger partial charge in [-0.15, -0.1) is 0 Å². The van der Waals surface area contributed by atoms with Gasteiger partial charge >= 0.3 is 6.18 Å². The van der Waals surface area contributed by atoms with E-state index in [9.17, 15) is 22.8 Å². The molecule has 0 aromatic carbocycles. The number of carbonyl (C=O) groups is 1. The fourth-order valence-electron chi connectivity index (χ4n) is 3.75. The highest BCUT2D eigenvalue weighted by molar-refractivity contribution is 5.76. The molecule has 6 nitrogen and oxygen atoms in total. The lowest BCUT2D eigenvalue weighted by molar-refractivity contribution is -0.141. The van der Waals surface area contributed by atoms with Crippen LogP contribution in [0, 0.1) is 5.92 Å². The smallest absolute Gasteiger partial charge is 0.341 e. The van der Waals surface area contributed by atoms with E-state index in [2.05, 4.69) is 9.88 Å². The summed E-state index contributed by atoms with van der Waals surface area (Å²) in [6.07, 6.45) is 0.863. The minimum atomic E-state index is -4.60. The standard InChI is InChI=1S/C18H25F3N4O2/c19-18(20,21)15-11-17(27)25(13-22-15)12-14-4-7-23(8-5-14)9-10-24-6-2-1-3-16(24)26/h11,13-14H,1-10,12H2. The number of aromatic nitrogens is 2. The minimum Gasteiger partial charge on any atom is -0.341 e. The molecule has 1 amide bonds. The predicted octanol–water partition coefficient (Wildman–Crippen LogP) is 1.99. The molecule has 2 saturated heterocycles. The molecule has 150 valence electrons. The SMILES string of the molecule is O=C1CCCCN1CCN1CCC(Cn2cnc(C(F)(F)F)cc2=O)CC1. The van der Waals surface area contributed by atoms with E-state index in [0.717, 1.165) is 64.7 Å². The summed E-state index contributed by atoms with van der Waals surface area (Å²) < 4.78 is 39.0. The molecule has 0 spiro atoms. The molecule has 2 aliphatic heterocycles. The number of amides is 1. The van der Waals surface area contributed by atoms with E-state index >= 15 is 0 Å². The van der Waals surface area contributed by atoms with Crippen LogP contribution in [-0.2, 0) is 17.5 Å². The Hall–Kier alpha value is -1.90. The van der Waals surface area contributed by atoms with Crippen LogP contribution in [0.3, 0.4) is 0 Å². The molecular formula is C18H25F3N4O2. The van der Waals surface area contributed by atoms with Crippen molar-refractivity contribution in [1.29, 1.82) is 0 Å². The average Bonchev–Trinajstić information content (AvgIpc) is 2.63. The third-order valence-electron chi connectivity index (χ3n) is 5.44. The quantitative estimate of drug-likeness (QED) is 0.777. The number of nitrogens with zero attached hydrogens (tertiary/aromatic N) is 4. The van der Waals surface area contributed by atoms with Crippen LogP contribution < -0.4 is 5.56 Å². The largest absolute Gasteiger partial charge is 0.433 e. The molecule has 2 aliphatic rings. The minimum absolute atomic E-state index is 0.241. The molecule has 2 fully saturated rings. The molecule has 9 heteroatoms. The van der Waals surface area contributed by atoms with Crippen LogP contribution in [0.15, 0.2) is 17.2 Å². The van der Waals surface area contributed by atoms with Gasteiger partial charge < -0.3 is 9.80 Å². The second-order valence-electron chi connectivity index (χ2n) is 7.39. The van der Waals surface area contributed by atoms with Gasteiger partial charge in [0.25, 0.3) is 5.56 Å². The lowest BCUT2D eigenvalue weighted by Crippen LogP contribution is -2.43. The van der Waals surface area contributed by atoms with Gasteiger partial charge in [0.1, 0.15) is 0 Å². The van der Waals surface area contributed by atoms with Crippen molar-refractivity contribution in [2.45, 2.75) is 44.8 Å². The van der Waals surface area contributed by atoms with Crippen molar-refractivity contribution >= 4 is 5.91 Å². The van der Waals surface area contributed by atoms with Crippen LogP contribution in [0.5, 0.6) is 0 Å². The second-order valence-corrected chi connectivity index (χ2v) is 7.39. The topological polar surface area (TPSA) is 58.4 Å². The van der Waals surface area contributed by atoms with E-state index in [1.807, 2.05) is 4.90 Å². The number of alkyl halides is 3. The first-order valence-electron chi connectivity index (χ1n) is 9.47. The summed E-state index contributed by atoms with van der Waals surface area (Å²) in [7, 11) is 0. The van der Waals surface area contributed by atoms with Gasteiger partial charge in [0.05, 0.1) is 6.33 Å². The van der Waals surface area contributed by atoms with Gasteiger partial charge in [-0.05, 0) is 44.7 Å².